The van der Waals surface area contributed by atoms with Gasteiger partial charge in [-0.05, 0) is 65.1 Å². The number of rotatable bonds is 6. The highest BCUT2D eigenvalue weighted by atomic mass is 16.7. The summed E-state index contributed by atoms with van der Waals surface area (Å²) < 4.78 is 5.80. The molecule has 0 spiro atoms. The molecule has 0 aromatic heterocycles. The van der Waals surface area contributed by atoms with Gasteiger partial charge in [-0.3, -0.25) is 20.0 Å². The summed E-state index contributed by atoms with van der Waals surface area (Å²) in [5.41, 5.74) is 3.33. The van der Waals surface area contributed by atoms with Crippen molar-refractivity contribution in [1.29, 1.82) is 0 Å². The molecule has 7 atom stereocenters. The van der Waals surface area contributed by atoms with Gasteiger partial charge in [0.2, 0.25) is 0 Å². The smallest absolute Gasteiger partial charge is 0.146 e. The molecule has 0 aromatic rings. The van der Waals surface area contributed by atoms with Gasteiger partial charge in [0.15, 0.2) is 0 Å². The molecule has 28 heavy (non-hydrogen) atoms. The lowest BCUT2D eigenvalue weighted by atomic mass is 9.86. The molecule has 0 amide bonds. The van der Waals surface area contributed by atoms with Crippen LogP contribution >= 0.6 is 0 Å². The molecular formula is C21H41N5O2. The van der Waals surface area contributed by atoms with Crippen LogP contribution in [0.1, 0.15) is 51.4 Å². The van der Waals surface area contributed by atoms with Crippen LogP contribution in [0.15, 0.2) is 0 Å². The predicted octanol–water partition coefficient (Wildman–Crippen LogP) is 1.32. The Morgan fingerprint density at radius 2 is 1.93 bits per heavy atom. The molecule has 6 unspecified atom stereocenters. The van der Waals surface area contributed by atoms with Crippen molar-refractivity contribution in [3.8, 4) is 0 Å². The lowest BCUT2D eigenvalue weighted by Crippen LogP contribution is -2.54. The number of hydrogen-bond donors (Lipinski definition) is 3. The van der Waals surface area contributed by atoms with Crippen LogP contribution in [0.5, 0.6) is 0 Å². The van der Waals surface area contributed by atoms with E-state index in [-0.39, 0.29) is 12.4 Å². The Balaban J connectivity index is 1.28. The molecule has 7 heteroatoms. The van der Waals surface area contributed by atoms with Crippen molar-refractivity contribution < 1.29 is 9.57 Å². The summed E-state index contributed by atoms with van der Waals surface area (Å²) >= 11 is 0. The minimum atomic E-state index is 0.101. The van der Waals surface area contributed by atoms with Gasteiger partial charge in [-0.2, -0.15) is 5.48 Å². The Hall–Kier alpha value is -0.280. The highest BCUT2D eigenvalue weighted by molar-refractivity contribution is 4.93. The van der Waals surface area contributed by atoms with Crippen LogP contribution in [0.2, 0.25) is 0 Å². The molecule has 0 aromatic carbocycles. The van der Waals surface area contributed by atoms with Crippen LogP contribution < -0.4 is 16.1 Å². The third kappa shape index (κ3) is 4.72. The van der Waals surface area contributed by atoms with E-state index in [1.807, 2.05) is 7.11 Å². The van der Waals surface area contributed by atoms with Gasteiger partial charge in [-0.1, -0.05) is 12.8 Å². The second-order valence-corrected chi connectivity index (χ2v) is 9.55. The lowest BCUT2D eigenvalue weighted by Gasteiger charge is -2.37. The molecule has 3 saturated heterocycles. The van der Waals surface area contributed by atoms with Crippen molar-refractivity contribution in [3.05, 3.63) is 0 Å². The first-order valence-corrected chi connectivity index (χ1v) is 11.5. The molecule has 1 saturated carbocycles. The van der Waals surface area contributed by atoms with E-state index in [0.29, 0.717) is 30.1 Å². The zero-order valence-electron chi connectivity index (χ0n) is 18.0. The summed E-state index contributed by atoms with van der Waals surface area (Å²) in [6.07, 6.45) is 11.4. The van der Waals surface area contributed by atoms with Gasteiger partial charge in [0.05, 0.1) is 24.5 Å². The zero-order chi connectivity index (χ0) is 19.5. The molecular weight excluding hydrogens is 354 g/mol. The van der Waals surface area contributed by atoms with Gasteiger partial charge in [-0.25, -0.2) is 0 Å². The Kier molecular flexibility index (Phi) is 7.25. The van der Waals surface area contributed by atoms with E-state index in [2.05, 4.69) is 40.0 Å². The van der Waals surface area contributed by atoms with Crippen LogP contribution in [0.4, 0.5) is 0 Å². The zero-order valence-corrected chi connectivity index (χ0v) is 18.0. The number of piperidine rings is 1. The summed E-state index contributed by atoms with van der Waals surface area (Å²) in [7, 11) is 6.19. The SMILES string of the molecule is COC1CCCCC1CN1CCC[C@@H]1C1NC(C2CCC(N(C)C)NC2)NO1. The van der Waals surface area contributed by atoms with Crippen molar-refractivity contribution in [2.24, 2.45) is 11.8 Å². The van der Waals surface area contributed by atoms with E-state index >= 15 is 0 Å². The normalized spacial score (nSPS) is 43.1. The van der Waals surface area contributed by atoms with Crippen LogP contribution in [0, 0.1) is 11.8 Å². The van der Waals surface area contributed by atoms with Crippen molar-refractivity contribution >= 4 is 0 Å². The largest absolute Gasteiger partial charge is 0.381 e. The first kappa shape index (κ1) is 21.0. The molecule has 4 fully saturated rings. The van der Waals surface area contributed by atoms with Gasteiger partial charge >= 0.3 is 0 Å². The van der Waals surface area contributed by atoms with Crippen LogP contribution in [-0.2, 0) is 9.57 Å². The summed E-state index contributed by atoms with van der Waals surface area (Å²) in [4.78, 5) is 11.0. The third-order valence-electron chi connectivity index (χ3n) is 7.56. The minimum absolute atomic E-state index is 0.101. The fourth-order valence-corrected chi connectivity index (χ4v) is 5.82. The van der Waals surface area contributed by atoms with Crippen molar-refractivity contribution in [2.75, 3.05) is 40.8 Å². The first-order chi connectivity index (χ1) is 13.7. The number of hydroxylamine groups is 1. The standard InChI is InChI=1S/C21H41N5O2/c1-25(2)19-11-10-15(13-22-19)20-23-21(28-24-20)17-8-6-12-26(17)14-16-7-4-5-9-18(16)27-3/h15-24H,4-14H2,1-3H3/t15?,16?,17-,18?,19?,20?,21?/m1/s1. The Morgan fingerprint density at radius 1 is 1.07 bits per heavy atom. The molecule has 1 aliphatic carbocycles. The Morgan fingerprint density at radius 3 is 2.68 bits per heavy atom. The number of methoxy groups -OCH3 is 1. The maximum atomic E-state index is 6.08. The van der Waals surface area contributed by atoms with E-state index < -0.39 is 0 Å². The monoisotopic (exact) mass is 395 g/mol. The second-order valence-electron chi connectivity index (χ2n) is 9.55. The minimum Gasteiger partial charge on any atom is -0.381 e. The van der Waals surface area contributed by atoms with Crippen molar-refractivity contribution in [2.45, 2.75) is 82.1 Å². The van der Waals surface area contributed by atoms with Gasteiger partial charge in [0.1, 0.15) is 6.23 Å². The molecule has 3 heterocycles. The maximum Gasteiger partial charge on any atom is 0.146 e. The molecule has 0 radical (unpaired) electrons. The van der Waals surface area contributed by atoms with E-state index in [1.54, 1.807) is 0 Å². The molecule has 3 aliphatic heterocycles. The Bertz CT molecular complexity index is 485. The van der Waals surface area contributed by atoms with E-state index in [0.717, 1.165) is 13.1 Å². The summed E-state index contributed by atoms with van der Waals surface area (Å²) in [5.74, 6) is 1.25. The topological polar surface area (TPSA) is 61.0 Å². The fourth-order valence-electron chi connectivity index (χ4n) is 5.82. The van der Waals surface area contributed by atoms with Crippen molar-refractivity contribution in [1.82, 2.24) is 25.9 Å². The summed E-state index contributed by atoms with van der Waals surface area (Å²) in [6, 6.07) is 0.475. The highest BCUT2D eigenvalue weighted by Gasteiger charge is 2.41. The van der Waals surface area contributed by atoms with Crippen LogP contribution in [0.3, 0.4) is 0 Å². The molecule has 0 bridgehead atoms. The summed E-state index contributed by atoms with van der Waals surface area (Å²) in [5, 5.41) is 7.45. The maximum absolute atomic E-state index is 6.08. The number of nitrogens with zero attached hydrogens (tertiary/aromatic N) is 2. The quantitative estimate of drug-likeness (QED) is 0.627. The highest BCUT2D eigenvalue weighted by Crippen LogP contribution is 2.31. The fraction of sp³-hybridized carbons (Fsp3) is 1.00. The number of ether oxygens (including phenoxy) is 1. The first-order valence-electron chi connectivity index (χ1n) is 11.5. The number of hydrogen-bond acceptors (Lipinski definition) is 7. The lowest BCUT2D eigenvalue weighted by molar-refractivity contribution is -0.0389. The average molecular weight is 396 g/mol. The second kappa shape index (κ2) is 9.69. The van der Waals surface area contributed by atoms with Gasteiger partial charge < -0.3 is 10.1 Å². The van der Waals surface area contributed by atoms with Gasteiger partial charge in [0, 0.05) is 26.1 Å². The molecule has 7 nitrogen and oxygen atoms in total. The average Bonchev–Trinajstić information content (AvgIpc) is 3.38. The molecule has 4 aliphatic rings. The summed E-state index contributed by atoms with van der Waals surface area (Å²) in [6.45, 7) is 3.39. The van der Waals surface area contributed by atoms with Crippen molar-refractivity contribution in [3.63, 3.8) is 0 Å². The third-order valence-corrected chi connectivity index (χ3v) is 7.56. The van der Waals surface area contributed by atoms with Crippen LogP contribution in [0.25, 0.3) is 0 Å². The van der Waals surface area contributed by atoms with Crippen LogP contribution in [-0.4, -0.2) is 81.3 Å². The van der Waals surface area contributed by atoms with Gasteiger partial charge in [-0.15, -0.1) is 0 Å². The van der Waals surface area contributed by atoms with Gasteiger partial charge in [0.25, 0.3) is 0 Å². The molecule has 4 rings (SSSR count). The number of likely N-dealkylation sites (tertiary alicyclic amines) is 1. The van der Waals surface area contributed by atoms with E-state index in [4.69, 9.17) is 9.57 Å². The van der Waals surface area contributed by atoms with E-state index in [9.17, 15) is 0 Å². The molecule has 162 valence electrons. The predicted molar refractivity (Wildman–Crippen MR) is 110 cm³/mol. The van der Waals surface area contributed by atoms with E-state index in [1.165, 1.54) is 57.9 Å². The Labute approximate surface area is 170 Å². The molecule has 3 N–H and O–H groups in total. The number of nitrogens with one attached hydrogen (secondary N) is 3.